The quantitative estimate of drug-likeness (QED) is 0.639. The van der Waals surface area contributed by atoms with Crippen molar-refractivity contribution in [1.82, 2.24) is 4.90 Å². The SMILES string of the molecule is O=C(C1CC(F)(F)C1)N1CC[C@H](F)C1. The van der Waals surface area contributed by atoms with Gasteiger partial charge in [0.1, 0.15) is 6.17 Å². The van der Waals surface area contributed by atoms with Crippen molar-refractivity contribution in [3.05, 3.63) is 0 Å². The topological polar surface area (TPSA) is 20.3 Å². The molecule has 0 aromatic rings. The summed E-state index contributed by atoms with van der Waals surface area (Å²) >= 11 is 0. The number of carbonyl (C=O) groups is 1. The minimum atomic E-state index is -2.67. The highest BCUT2D eigenvalue weighted by atomic mass is 19.3. The third-order valence-electron chi connectivity index (χ3n) is 2.88. The third-order valence-corrected chi connectivity index (χ3v) is 2.88. The fourth-order valence-electron chi connectivity index (χ4n) is 2.01. The first kappa shape index (κ1) is 9.80. The van der Waals surface area contributed by atoms with E-state index >= 15 is 0 Å². The smallest absolute Gasteiger partial charge is 0.249 e. The largest absolute Gasteiger partial charge is 0.339 e. The minimum Gasteiger partial charge on any atom is -0.339 e. The van der Waals surface area contributed by atoms with Crippen LogP contribution in [0.3, 0.4) is 0 Å². The summed E-state index contributed by atoms with van der Waals surface area (Å²) < 4.78 is 37.7. The van der Waals surface area contributed by atoms with Crippen molar-refractivity contribution < 1.29 is 18.0 Å². The Bertz CT molecular complexity index is 248. The third kappa shape index (κ3) is 1.72. The highest BCUT2D eigenvalue weighted by Crippen LogP contribution is 2.43. The average molecular weight is 207 g/mol. The lowest BCUT2D eigenvalue weighted by Crippen LogP contribution is -2.46. The number of nitrogens with zero attached hydrogens (tertiary/aromatic N) is 1. The van der Waals surface area contributed by atoms with Crippen molar-refractivity contribution in [2.75, 3.05) is 13.1 Å². The summed E-state index contributed by atoms with van der Waals surface area (Å²) in [4.78, 5) is 12.9. The van der Waals surface area contributed by atoms with E-state index in [1.807, 2.05) is 0 Å². The molecule has 0 radical (unpaired) electrons. The number of likely N-dealkylation sites (tertiary alicyclic amines) is 1. The number of carbonyl (C=O) groups excluding carboxylic acids is 1. The van der Waals surface area contributed by atoms with Crippen LogP contribution in [0.1, 0.15) is 19.3 Å². The van der Waals surface area contributed by atoms with Gasteiger partial charge in [-0.05, 0) is 6.42 Å². The predicted molar refractivity (Wildman–Crippen MR) is 43.8 cm³/mol. The normalized spacial score (nSPS) is 31.6. The second-order valence-corrected chi connectivity index (χ2v) is 4.13. The van der Waals surface area contributed by atoms with Gasteiger partial charge in [0.2, 0.25) is 11.8 Å². The zero-order valence-electron chi connectivity index (χ0n) is 7.68. The van der Waals surface area contributed by atoms with Gasteiger partial charge in [-0.1, -0.05) is 0 Å². The molecule has 1 amide bonds. The van der Waals surface area contributed by atoms with Crippen molar-refractivity contribution in [1.29, 1.82) is 0 Å². The monoisotopic (exact) mass is 207 g/mol. The van der Waals surface area contributed by atoms with E-state index in [0.29, 0.717) is 13.0 Å². The Morgan fingerprint density at radius 2 is 2.00 bits per heavy atom. The fraction of sp³-hybridized carbons (Fsp3) is 0.889. The fourth-order valence-corrected chi connectivity index (χ4v) is 2.01. The Morgan fingerprint density at radius 1 is 1.36 bits per heavy atom. The number of amides is 1. The molecule has 1 atom stereocenters. The van der Waals surface area contributed by atoms with Gasteiger partial charge in [0, 0.05) is 25.3 Å². The highest BCUT2D eigenvalue weighted by molar-refractivity contribution is 5.80. The molecule has 1 aliphatic carbocycles. The van der Waals surface area contributed by atoms with E-state index in [2.05, 4.69) is 0 Å². The van der Waals surface area contributed by atoms with Crippen molar-refractivity contribution >= 4 is 5.91 Å². The zero-order valence-corrected chi connectivity index (χ0v) is 7.68. The van der Waals surface area contributed by atoms with Gasteiger partial charge in [-0.25, -0.2) is 13.2 Å². The number of rotatable bonds is 1. The van der Waals surface area contributed by atoms with E-state index in [1.54, 1.807) is 0 Å². The molecular weight excluding hydrogens is 195 g/mol. The Labute approximate surface area is 80.1 Å². The lowest BCUT2D eigenvalue weighted by molar-refractivity contribution is -0.159. The molecule has 0 unspecified atom stereocenters. The van der Waals surface area contributed by atoms with Gasteiger partial charge in [0.15, 0.2) is 0 Å². The first-order valence-corrected chi connectivity index (χ1v) is 4.79. The maximum atomic E-state index is 12.7. The molecule has 1 aliphatic heterocycles. The number of alkyl halides is 3. The standard InChI is InChI=1S/C9H12F3NO/c10-7-1-2-13(5-7)8(14)6-3-9(11,12)4-6/h6-7H,1-5H2/t7-/m0/s1. The molecule has 80 valence electrons. The molecule has 1 saturated heterocycles. The molecule has 2 nitrogen and oxygen atoms in total. The summed E-state index contributed by atoms with van der Waals surface area (Å²) in [6.07, 6.45) is -1.35. The Morgan fingerprint density at radius 3 is 2.43 bits per heavy atom. The number of hydrogen-bond donors (Lipinski definition) is 0. The molecule has 1 saturated carbocycles. The average Bonchev–Trinajstić information content (AvgIpc) is 2.46. The molecule has 5 heteroatoms. The summed E-state index contributed by atoms with van der Waals surface area (Å²) in [7, 11) is 0. The van der Waals surface area contributed by atoms with Crippen LogP contribution in [-0.4, -0.2) is 36.0 Å². The molecule has 2 aliphatic rings. The maximum absolute atomic E-state index is 12.7. The van der Waals surface area contributed by atoms with Gasteiger partial charge < -0.3 is 4.90 Å². The zero-order chi connectivity index (χ0) is 10.3. The van der Waals surface area contributed by atoms with Crippen LogP contribution in [0.2, 0.25) is 0 Å². The number of hydrogen-bond acceptors (Lipinski definition) is 1. The molecule has 2 rings (SSSR count). The van der Waals surface area contributed by atoms with Crippen LogP contribution in [-0.2, 0) is 4.79 Å². The first-order valence-electron chi connectivity index (χ1n) is 4.79. The molecular formula is C9H12F3NO. The lowest BCUT2D eigenvalue weighted by Gasteiger charge is -2.35. The van der Waals surface area contributed by atoms with E-state index in [0.717, 1.165) is 0 Å². The van der Waals surface area contributed by atoms with Crippen molar-refractivity contribution in [3.63, 3.8) is 0 Å². The van der Waals surface area contributed by atoms with Crippen LogP contribution in [0.4, 0.5) is 13.2 Å². The van der Waals surface area contributed by atoms with Crippen LogP contribution in [0, 0.1) is 5.92 Å². The minimum absolute atomic E-state index is 0.0842. The molecule has 0 N–H and O–H groups in total. The molecule has 0 spiro atoms. The van der Waals surface area contributed by atoms with E-state index < -0.39 is 18.0 Å². The maximum Gasteiger partial charge on any atom is 0.249 e. The summed E-state index contributed by atoms with van der Waals surface area (Å²) in [5, 5.41) is 0. The van der Waals surface area contributed by atoms with Gasteiger partial charge in [0.25, 0.3) is 0 Å². The van der Waals surface area contributed by atoms with Crippen molar-refractivity contribution in [2.45, 2.75) is 31.4 Å². The highest BCUT2D eigenvalue weighted by Gasteiger charge is 2.50. The molecule has 14 heavy (non-hydrogen) atoms. The van der Waals surface area contributed by atoms with Gasteiger partial charge in [-0.15, -0.1) is 0 Å². The van der Waals surface area contributed by atoms with Crippen LogP contribution in [0.5, 0.6) is 0 Å². The van der Waals surface area contributed by atoms with Gasteiger partial charge in [-0.3, -0.25) is 4.79 Å². The Hall–Kier alpha value is -0.740. The number of halogens is 3. The van der Waals surface area contributed by atoms with E-state index in [4.69, 9.17) is 0 Å². The first-order chi connectivity index (χ1) is 6.48. The van der Waals surface area contributed by atoms with Gasteiger partial charge in [-0.2, -0.15) is 0 Å². The predicted octanol–water partition coefficient (Wildman–Crippen LogP) is 1.60. The van der Waals surface area contributed by atoms with E-state index in [-0.39, 0.29) is 25.3 Å². The van der Waals surface area contributed by atoms with Crippen LogP contribution < -0.4 is 0 Å². The summed E-state index contributed by atoms with van der Waals surface area (Å²) in [5.74, 6) is -3.54. The van der Waals surface area contributed by atoms with Gasteiger partial charge in [0.05, 0.1) is 6.54 Å². The molecule has 0 aromatic heterocycles. The summed E-state index contributed by atoms with van der Waals surface area (Å²) in [6, 6.07) is 0. The lowest BCUT2D eigenvalue weighted by atomic mass is 9.80. The van der Waals surface area contributed by atoms with Crippen LogP contribution >= 0.6 is 0 Å². The van der Waals surface area contributed by atoms with Crippen molar-refractivity contribution in [2.24, 2.45) is 5.92 Å². The Balaban J connectivity index is 1.85. The van der Waals surface area contributed by atoms with Gasteiger partial charge >= 0.3 is 0 Å². The molecule has 0 bridgehead atoms. The molecule has 2 fully saturated rings. The molecule has 1 heterocycles. The van der Waals surface area contributed by atoms with Crippen LogP contribution in [0.25, 0.3) is 0 Å². The second-order valence-electron chi connectivity index (χ2n) is 4.13. The van der Waals surface area contributed by atoms with E-state index in [9.17, 15) is 18.0 Å². The summed E-state index contributed by atoms with van der Waals surface area (Å²) in [6.45, 7) is 0.461. The van der Waals surface area contributed by atoms with Crippen molar-refractivity contribution in [3.8, 4) is 0 Å². The summed E-state index contributed by atoms with van der Waals surface area (Å²) in [5.41, 5.74) is 0. The molecule has 0 aromatic carbocycles. The Kier molecular flexibility index (Phi) is 2.20. The van der Waals surface area contributed by atoms with Crippen LogP contribution in [0.15, 0.2) is 0 Å². The van der Waals surface area contributed by atoms with E-state index in [1.165, 1.54) is 4.90 Å². The second kappa shape index (κ2) is 3.14.